The minimum Gasteiger partial charge on any atom is -0.500 e. The van der Waals surface area contributed by atoms with Gasteiger partial charge in [-0.05, 0) is 86.3 Å². The van der Waals surface area contributed by atoms with Crippen LogP contribution in [0.3, 0.4) is 0 Å². The predicted octanol–water partition coefficient (Wildman–Crippen LogP) is 10.7. The molecular weight excluding hydrogens is 743 g/mol. The predicted molar refractivity (Wildman–Crippen MR) is 186 cm³/mol. The molecule has 0 spiro atoms. The molecule has 235 valence electrons. The summed E-state index contributed by atoms with van der Waals surface area (Å²) in [4.78, 5) is 13.8. The maximum absolute atomic E-state index is 6.45. The van der Waals surface area contributed by atoms with E-state index in [2.05, 4.69) is 119 Å². The third kappa shape index (κ3) is 6.96. The molecule has 1 radical (unpaired) electrons. The standard InChI is InChI=1S/C27H25N2O.C14H14N.Ir/c1-16-15-28-24(13-18(16)14-27(3,4)5)21-8-6-7-19-20-11-12-23-22(10-9-17(2)29-23)26(20)30-25(19)21;1-10-4-6-13(7-5-10)14-8-11(2)12(3)9-15-14;/h6-7,9-13,15H,14H2,1-5H3;4-6,8-9H,1-3H3;/q2*-1;. The molecule has 7 rings (SSSR count). The smallest absolute Gasteiger partial charge is 0.130 e. The number of aromatic nitrogens is 3. The van der Waals surface area contributed by atoms with Crippen LogP contribution in [0.2, 0.25) is 0 Å². The number of hydrogen-bond acceptors (Lipinski definition) is 4. The summed E-state index contributed by atoms with van der Waals surface area (Å²) >= 11 is 0. The molecular formula is C41H39IrN3O-2. The minimum absolute atomic E-state index is 0. The van der Waals surface area contributed by atoms with Crippen LogP contribution in [0.5, 0.6) is 0 Å². The Balaban J connectivity index is 0.000000220. The molecule has 0 aliphatic carbocycles. The first-order chi connectivity index (χ1) is 21.5. The van der Waals surface area contributed by atoms with Crippen molar-refractivity contribution < 1.29 is 24.5 Å². The summed E-state index contributed by atoms with van der Waals surface area (Å²) in [6, 6.07) is 29.4. The Bertz CT molecular complexity index is 2170. The Hall–Kier alpha value is -4.18. The molecule has 3 aromatic carbocycles. The van der Waals surface area contributed by atoms with Gasteiger partial charge in [-0.15, -0.1) is 53.6 Å². The summed E-state index contributed by atoms with van der Waals surface area (Å²) in [5.74, 6) is 0. The van der Waals surface area contributed by atoms with Gasteiger partial charge in [0.15, 0.2) is 0 Å². The Morgan fingerprint density at radius 1 is 0.696 bits per heavy atom. The zero-order valence-corrected chi connectivity index (χ0v) is 30.2. The van der Waals surface area contributed by atoms with Crippen LogP contribution in [0.1, 0.15) is 54.3 Å². The molecule has 0 fully saturated rings. The maximum Gasteiger partial charge on any atom is 0.130 e. The van der Waals surface area contributed by atoms with Crippen LogP contribution in [0.15, 0.2) is 83.5 Å². The Morgan fingerprint density at radius 3 is 2.13 bits per heavy atom. The minimum atomic E-state index is 0. The first-order valence-corrected chi connectivity index (χ1v) is 15.5. The fraction of sp³-hybridized carbons (Fsp3) is 0.244. The molecule has 0 unspecified atom stereocenters. The van der Waals surface area contributed by atoms with Crippen molar-refractivity contribution in [2.75, 3.05) is 0 Å². The van der Waals surface area contributed by atoms with Gasteiger partial charge in [-0.3, -0.25) is 4.98 Å². The number of pyridine rings is 3. The maximum atomic E-state index is 6.45. The van der Waals surface area contributed by atoms with Crippen molar-refractivity contribution in [1.82, 2.24) is 15.0 Å². The summed E-state index contributed by atoms with van der Waals surface area (Å²) in [7, 11) is 0. The number of hydrogen-bond donors (Lipinski definition) is 0. The summed E-state index contributed by atoms with van der Waals surface area (Å²) in [5, 5.41) is 3.21. The number of furan rings is 1. The van der Waals surface area contributed by atoms with Crippen molar-refractivity contribution in [3.05, 3.63) is 125 Å². The van der Waals surface area contributed by atoms with Gasteiger partial charge in [-0.25, -0.2) is 0 Å². The fourth-order valence-electron chi connectivity index (χ4n) is 5.59. The third-order valence-corrected chi connectivity index (χ3v) is 8.21. The van der Waals surface area contributed by atoms with Gasteiger partial charge in [-0.1, -0.05) is 61.9 Å². The van der Waals surface area contributed by atoms with E-state index in [1.165, 1.54) is 27.8 Å². The molecule has 0 aliphatic heterocycles. The van der Waals surface area contributed by atoms with E-state index in [4.69, 9.17) is 9.40 Å². The van der Waals surface area contributed by atoms with Crippen LogP contribution in [-0.4, -0.2) is 15.0 Å². The molecule has 7 aromatic rings. The van der Waals surface area contributed by atoms with E-state index >= 15 is 0 Å². The van der Waals surface area contributed by atoms with Gasteiger partial charge in [0, 0.05) is 49.0 Å². The molecule has 4 heterocycles. The molecule has 5 heteroatoms. The van der Waals surface area contributed by atoms with Crippen LogP contribution in [-0.2, 0) is 26.5 Å². The Labute approximate surface area is 285 Å². The average molecular weight is 782 g/mol. The van der Waals surface area contributed by atoms with Gasteiger partial charge in [0.2, 0.25) is 0 Å². The molecule has 0 N–H and O–H groups in total. The first-order valence-electron chi connectivity index (χ1n) is 15.5. The van der Waals surface area contributed by atoms with Crippen LogP contribution in [0.25, 0.3) is 55.4 Å². The second-order valence-electron chi connectivity index (χ2n) is 13.3. The van der Waals surface area contributed by atoms with Crippen molar-refractivity contribution >= 4 is 32.8 Å². The van der Waals surface area contributed by atoms with Gasteiger partial charge in [0.05, 0.1) is 11.1 Å². The van der Waals surface area contributed by atoms with Gasteiger partial charge in [0.1, 0.15) is 5.58 Å². The SMILES string of the molecule is Cc1c[c-]c(-c2cc(C)c(C)cn2)cc1.Cc1ccc2c(ccc3c4cc[c-]c(-c5cc(CC(C)(C)C)c(C)cn5)c4oc23)n1.[Ir]. The molecule has 0 bridgehead atoms. The Kier molecular flexibility index (Phi) is 9.58. The Morgan fingerprint density at radius 2 is 1.41 bits per heavy atom. The third-order valence-electron chi connectivity index (χ3n) is 8.21. The summed E-state index contributed by atoms with van der Waals surface area (Å²) < 4.78 is 6.45. The molecule has 0 saturated carbocycles. The van der Waals surface area contributed by atoms with Gasteiger partial charge >= 0.3 is 0 Å². The zero-order chi connectivity index (χ0) is 31.9. The van der Waals surface area contributed by atoms with Crippen LogP contribution >= 0.6 is 0 Å². The van der Waals surface area contributed by atoms with E-state index in [1.54, 1.807) is 0 Å². The molecule has 4 aromatic heterocycles. The normalized spacial score (nSPS) is 11.4. The van der Waals surface area contributed by atoms with Crippen molar-refractivity contribution in [3.8, 4) is 22.5 Å². The molecule has 4 nitrogen and oxygen atoms in total. The molecule has 0 saturated heterocycles. The second kappa shape index (κ2) is 13.3. The number of aryl methyl sites for hydroxylation is 5. The number of fused-ring (bicyclic) bond motifs is 5. The second-order valence-corrected chi connectivity index (χ2v) is 13.3. The van der Waals surface area contributed by atoms with E-state index in [-0.39, 0.29) is 25.5 Å². The van der Waals surface area contributed by atoms with Gasteiger partial charge in [-0.2, -0.15) is 0 Å². The van der Waals surface area contributed by atoms with Gasteiger partial charge in [0.25, 0.3) is 0 Å². The van der Waals surface area contributed by atoms with Crippen LogP contribution < -0.4 is 0 Å². The summed E-state index contributed by atoms with van der Waals surface area (Å²) in [6.07, 6.45) is 4.88. The van der Waals surface area contributed by atoms with Crippen molar-refractivity contribution in [3.63, 3.8) is 0 Å². The zero-order valence-electron chi connectivity index (χ0n) is 27.8. The van der Waals surface area contributed by atoms with E-state index in [0.29, 0.717) is 0 Å². The molecule has 0 aliphatic rings. The largest absolute Gasteiger partial charge is 0.500 e. The fourth-order valence-corrected chi connectivity index (χ4v) is 5.59. The van der Waals surface area contributed by atoms with E-state index < -0.39 is 0 Å². The number of benzene rings is 3. The van der Waals surface area contributed by atoms with E-state index in [9.17, 15) is 0 Å². The van der Waals surface area contributed by atoms with Crippen molar-refractivity contribution in [2.45, 2.75) is 61.8 Å². The molecule has 0 atom stereocenters. The first kappa shape index (κ1) is 33.2. The van der Waals surface area contributed by atoms with Crippen molar-refractivity contribution in [2.24, 2.45) is 5.41 Å². The van der Waals surface area contributed by atoms with E-state index in [1.807, 2.05) is 37.5 Å². The van der Waals surface area contributed by atoms with Crippen molar-refractivity contribution in [1.29, 1.82) is 0 Å². The molecule has 0 amide bonds. The monoisotopic (exact) mass is 782 g/mol. The topological polar surface area (TPSA) is 51.8 Å². The number of rotatable bonds is 3. The van der Waals surface area contributed by atoms with Gasteiger partial charge < -0.3 is 14.4 Å². The van der Waals surface area contributed by atoms with Crippen LogP contribution in [0.4, 0.5) is 0 Å². The average Bonchev–Trinajstić information content (AvgIpc) is 3.39. The quantitative estimate of drug-likeness (QED) is 0.168. The summed E-state index contributed by atoms with van der Waals surface area (Å²) in [5.41, 5.74) is 14.0. The number of nitrogens with zero attached hydrogens (tertiary/aromatic N) is 3. The van der Waals surface area contributed by atoms with E-state index in [0.717, 1.165) is 67.5 Å². The molecule has 46 heavy (non-hydrogen) atoms. The van der Waals surface area contributed by atoms with Crippen LogP contribution in [0, 0.1) is 52.2 Å². The summed E-state index contributed by atoms with van der Waals surface area (Å²) in [6.45, 7) is 17.2.